The Labute approximate surface area is 197 Å². The van der Waals surface area contributed by atoms with Gasteiger partial charge in [0.1, 0.15) is 11.1 Å². The van der Waals surface area contributed by atoms with Crippen LogP contribution in [0.15, 0.2) is 40.1 Å². The van der Waals surface area contributed by atoms with Gasteiger partial charge in [-0.15, -0.1) is 0 Å². The molecule has 0 saturated carbocycles. The van der Waals surface area contributed by atoms with Gasteiger partial charge in [0.05, 0.1) is 30.4 Å². The van der Waals surface area contributed by atoms with E-state index >= 15 is 0 Å². The predicted octanol–water partition coefficient (Wildman–Crippen LogP) is -9.06. The van der Waals surface area contributed by atoms with Crippen LogP contribution in [-0.2, 0) is 16.1 Å². The van der Waals surface area contributed by atoms with E-state index < -0.39 is 47.4 Å². The van der Waals surface area contributed by atoms with Crippen LogP contribution in [0, 0.1) is 0 Å². The number of likely N-dealkylation sites (N-methyl/N-ethyl adjacent to an activating group) is 1. The Morgan fingerprint density at radius 3 is 2.19 bits per heavy atom. The Bertz CT molecular complexity index is 1000. The topological polar surface area (TPSA) is 140 Å². The third-order valence-corrected chi connectivity index (χ3v) is 3.41. The molecular formula is C16H12N2Na2O7. The van der Waals surface area contributed by atoms with Gasteiger partial charge in [-0.2, -0.15) is 0 Å². The Hall–Kier alpha value is -1.49. The zero-order valence-electron chi connectivity index (χ0n) is 15.1. The Balaban J connectivity index is 0.00000338. The molecule has 1 aromatic heterocycles. The summed E-state index contributed by atoms with van der Waals surface area (Å²) in [6.07, 6.45) is 0.913. The van der Waals surface area contributed by atoms with Gasteiger partial charge in [-0.1, -0.05) is 12.1 Å². The summed E-state index contributed by atoms with van der Waals surface area (Å²) >= 11 is 0. The Morgan fingerprint density at radius 1 is 1.04 bits per heavy atom. The molecule has 27 heavy (non-hydrogen) atoms. The smallest absolute Gasteiger partial charge is 0.548 e. The van der Waals surface area contributed by atoms with Gasteiger partial charge in [-0.25, -0.2) is 0 Å². The van der Waals surface area contributed by atoms with Crippen LogP contribution in [0.5, 0.6) is 0 Å². The van der Waals surface area contributed by atoms with E-state index in [4.69, 9.17) is 0 Å². The second-order valence-electron chi connectivity index (χ2n) is 5.25. The third-order valence-electron chi connectivity index (χ3n) is 3.41. The van der Waals surface area contributed by atoms with E-state index in [1.807, 2.05) is 0 Å². The predicted molar refractivity (Wildman–Crippen MR) is 81.5 cm³/mol. The maximum Gasteiger partial charge on any atom is 1.00 e. The minimum absolute atomic E-state index is 0. The standard InChI is InChI=1S/C16H14N2O7.2Na/c1-17(7-12(20)21)16(25)10-6-18(8-13(22)23)14-9(15(10)24)4-2-3-5-11(14)19;;/h2-6H,7-8H2,1H3,(H,20,21)(H,22,23);;/q;2*+1/p-2. The number of fused-ring (bicyclic) bond motifs is 1. The van der Waals surface area contributed by atoms with Gasteiger partial charge in [-0.05, 0) is 12.1 Å². The van der Waals surface area contributed by atoms with E-state index in [9.17, 15) is 34.2 Å². The number of aliphatic carboxylic acids is 2. The maximum absolute atomic E-state index is 12.6. The number of hydrogen-bond donors (Lipinski definition) is 0. The Kier molecular flexibility index (Phi) is 10.2. The van der Waals surface area contributed by atoms with Crippen LogP contribution < -0.4 is 80.2 Å². The number of hydrogen-bond acceptors (Lipinski definition) is 7. The molecule has 0 saturated heterocycles. The first-order valence-corrected chi connectivity index (χ1v) is 7.04. The second-order valence-corrected chi connectivity index (χ2v) is 5.25. The van der Waals surface area contributed by atoms with E-state index in [-0.39, 0.29) is 70.0 Å². The zero-order valence-corrected chi connectivity index (χ0v) is 19.1. The third kappa shape index (κ3) is 6.00. The molecule has 11 heteroatoms. The SMILES string of the molecule is CN(CC(=O)[O-])C(=O)c1cn(CC(=O)[O-])c2c(=O)ccccc2c1=O.[Na+].[Na+]. The molecule has 0 unspecified atom stereocenters. The minimum Gasteiger partial charge on any atom is -0.548 e. The summed E-state index contributed by atoms with van der Waals surface area (Å²) in [7, 11) is 1.15. The molecule has 0 spiro atoms. The van der Waals surface area contributed by atoms with Crippen LogP contribution in [0.3, 0.4) is 0 Å². The number of rotatable bonds is 5. The molecule has 0 radical (unpaired) electrons. The van der Waals surface area contributed by atoms with Crippen molar-refractivity contribution in [1.82, 2.24) is 9.47 Å². The number of aromatic nitrogens is 1. The summed E-state index contributed by atoms with van der Waals surface area (Å²) in [6, 6.07) is 5.19. The van der Waals surface area contributed by atoms with Crippen molar-refractivity contribution in [3.63, 3.8) is 0 Å². The molecule has 0 aliphatic heterocycles. The molecule has 0 atom stereocenters. The molecule has 0 aliphatic rings. The van der Waals surface area contributed by atoms with Gasteiger partial charge in [0, 0.05) is 13.2 Å². The van der Waals surface area contributed by atoms with Crippen molar-refractivity contribution >= 4 is 28.7 Å². The molecule has 0 bridgehead atoms. The van der Waals surface area contributed by atoms with Crippen LogP contribution in [0.1, 0.15) is 10.4 Å². The molecule has 1 amide bonds. The molecular weight excluding hydrogens is 378 g/mol. The van der Waals surface area contributed by atoms with Crippen LogP contribution >= 0.6 is 0 Å². The average molecular weight is 390 g/mol. The fraction of sp³-hybridized carbons (Fsp3) is 0.188. The van der Waals surface area contributed by atoms with Gasteiger partial charge in [0.15, 0.2) is 0 Å². The molecule has 0 N–H and O–H groups in total. The van der Waals surface area contributed by atoms with Gasteiger partial charge in [0.25, 0.3) is 5.91 Å². The largest absolute Gasteiger partial charge is 1.00 e. The minimum atomic E-state index is -1.53. The van der Waals surface area contributed by atoms with E-state index in [2.05, 4.69) is 0 Å². The number of carboxylic acids is 2. The normalized spacial score (nSPS) is 9.67. The first-order valence-electron chi connectivity index (χ1n) is 7.04. The summed E-state index contributed by atoms with van der Waals surface area (Å²) in [5.41, 5.74) is -2.09. The summed E-state index contributed by atoms with van der Waals surface area (Å²) in [4.78, 5) is 59.3. The number of carboxylic acid groups (broad SMARTS) is 2. The fourth-order valence-corrected chi connectivity index (χ4v) is 2.38. The van der Waals surface area contributed by atoms with Crippen molar-refractivity contribution in [1.29, 1.82) is 0 Å². The summed E-state index contributed by atoms with van der Waals surface area (Å²) in [5.74, 6) is -4.00. The van der Waals surface area contributed by atoms with Crippen LogP contribution in [0.25, 0.3) is 10.9 Å². The van der Waals surface area contributed by atoms with Crippen molar-refractivity contribution in [2.75, 3.05) is 13.6 Å². The maximum atomic E-state index is 12.6. The molecule has 2 rings (SSSR count). The quantitative estimate of drug-likeness (QED) is 0.462. The van der Waals surface area contributed by atoms with Gasteiger partial charge >= 0.3 is 59.1 Å². The van der Waals surface area contributed by atoms with E-state index in [1.54, 1.807) is 0 Å². The van der Waals surface area contributed by atoms with Gasteiger partial charge in [-0.3, -0.25) is 14.4 Å². The van der Waals surface area contributed by atoms with Gasteiger partial charge in [0.2, 0.25) is 10.9 Å². The molecule has 9 nitrogen and oxygen atoms in total. The van der Waals surface area contributed by atoms with Gasteiger partial charge < -0.3 is 29.3 Å². The first-order chi connectivity index (χ1) is 11.7. The monoisotopic (exact) mass is 390 g/mol. The number of pyridine rings is 1. The van der Waals surface area contributed by atoms with Crippen molar-refractivity contribution in [3.8, 4) is 0 Å². The van der Waals surface area contributed by atoms with Crippen LogP contribution in [0.4, 0.5) is 0 Å². The molecule has 2 aromatic rings. The summed E-state index contributed by atoms with van der Waals surface area (Å²) in [5, 5.41) is 21.4. The average Bonchev–Trinajstić information content (AvgIpc) is 2.70. The van der Waals surface area contributed by atoms with Crippen molar-refractivity contribution < 1.29 is 83.7 Å². The number of carbonyl (C=O) groups excluding carboxylic acids is 3. The fourth-order valence-electron chi connectivity index (χ4n) is 2.38. The first kappa shape index (κ1) is 25.5. The molecule has 1 aromatic carbocycles. The number of carbonyl (C=O) groups is 3. The molecule has 0 aliphatic carbocycles. The van der Waals surface area contributed by atoms with Crippen LogP contribution in [0.2, 0.25) is 0 Å². The van der Waals surface area contributed by atoms with Crippen LogP contribution in [-0.4, -0.2) is 40.9 Å². The summed E-state index contributed by atoms with van der Waals surface area (Å²) in [6.45, 7) is -1.52. The van der Waals surface area contributed by atoms with Crippen molar-refractivity contribution in [2.45, 2.75) is 6.54 Å². The van der Waals surface area contributed by atoms with E-state index in [1.165, 1.54) is 18.2 Å². The summed E-state index contributed by atoms with van der Waals surface area (Å²) < 4.78 is 0.925. The second kappa shape index (κ2) is 10.7. The number of nitrogens with zero attached hydrogens (tertiary/aromatic N) is 2. The van der Waals surface area contributed by atoms with E-state index in [0.717, 1.165) is 28.8 Å². The molecule has 1 heterocycles. The molecule has 130 valence electrons. The van der Waals surface area contributed by atoms with Crippen molar-refractivity contribution in [3.05, 3.63) is 56.5 Å². The van der Waals surface area contributed by atoms with Crippen molar-refractivity contribution in [2.24, 2.45) is 0 Å². The molecule has 0 fully saturated rings. The van der Waals surface area contributed by atoms with E-state index in [0.29, 0.717) is 0 Å². The number of amides is 1. The Morgan fingerprint density at radius 2 is 1.63 bits per heavy atom. The zero-order chi connectivity index (χ0) is 18.7.